The molecular weight excluding hydrogens is 291 g/mol. The molecule has 0 spiro atoms. The first-order chi connectivity index (χ1) is 10.4. The molecule has 0 rings (SSSR count). The van der Waals surface area contributed by atoms with Crippen molar-refractivity contribution in [3.63, 3.8) is 0 Å². The van der Waals surface area contributed by atoms with E-state index >= 15 is 0 Å². The van der Waals surface area contributed by atoms with Crippen molar-refractivity contribution < 1.29 is 23.8 Å². The fourth-order valence-corrected chi connectivity index (χ4v) is 2.14. The van der Waals surface area contributed by atoms with Gasteiger partial charge in [0, 0.05) is 0 Å². The van der Waals surface area contributed by atoms with Gasteiger partial charge in [0.2, 0.25) is 0 Å². The monoisotopic (exact) mass is 320 g/mol. The average molecular weight is 320 g/mol. The minimum atomic E-state index is -1.17. The molecule has 4 N–H and O–H groups in total. The fraction of sp³-hybridized carbons (Fsp3) is 0.867. The zero-order valence-electron chi connectivity index (χ0n) is 13.5. The van der Waals surface area contributed by atoms with Crippen LogP contribution in [0.4, 0.5) is 9.18 Å². The van der Waals surface area contributed by atoms with Crippen LogP contribution in [0.5, 0.6) is 0 Å². The van der Waals surface area contributed by atoms with Gasteiger partial charge in [-0.2, -0.15) is 0 Å². The number of carboxylic acids is 1. The number of hydrogen-bond donors (Lipinski definition) is 3. The molecule has 0 fully saturated rings. The highest BCUT2D eigenvalue weighted by molar-refractivity contribution is 5.72. The Morgan fingerprint density at radius 1 is 1.18 bits per heavy atom. The van der Waals surface area contributed by atoms with Gasteiger partial charge in [0.25, 0.3) is 0 Å². The Morgan fingerprint density at radius 3 is 2.41 bits per heavy atom. The van der Waals surface area contributed by atoms with Gasteiger partial charge in [-0.1, -0.05) is 26.2 Å². The molecule has 0 radical (unpaired) electrons. The number of nitrogens with two attached hydrogens (primary N) is 1. The summed E-state index contributed by atoms with van der Waals surface area (Å²) in [5, 5.41) is 11.2. The number of alkyl halides is 1. The summed E-state index contributed by atoms with van der Waals surface area (Å²) in [7, 11) is 0. The SMILES string of the molecule is CCCCCC(F)C(CCC[C@H](N)C(=O)O)NC(=O)OCC. The summed E-state index contributed by atoms with van der Waals surface area (Å²) >= 11 is 0. The molecule has 1 amide bonds. The number of halogens is 1. The zero-order chi connectivity index (χ0) is 17.0. The number of carboxylic acid groups (broad SMARTS) is 1. The van der Waals surface area contributed by atoms with Gasteiger partial charge in [0.15, 0.2) is 0 Å². The van der Waals surface area contributed by atoms with Crippen LogP contribution in [0.25, 0.3) is 0 Å². The Morgan fingerprint density at radius 2 is 1.86 bits per heavy atom. The molecule has 0 aliphatic heterocycles. The fourth-order valence-electron chi connectivity index (χ4n) is 2.14. The number of amides is 1. The van der Waals surface area contributed by atoms with E-state index in [2.05, 4.69) is 5.32 Å². The molecule has 0 bridgehead atoms. The van der Waals surface area contributed by atoms with Crippen LogP contribution in [0.3, 0.4) is 0 Å². The van der Waals surface area contributed by atoms with Crippen LogP contribution in [0.1, 0.15) is 58.8 Å². The van der Waals surface area contributed by atoms with Crippen molar-refractivity contribution in [2.24, 2.45) is 5.73 Å². The summed E-state index contributed by atoms with van der Waals surface area (Å²) in [5.74, 6) is -1.07. The predicted molar refractivity (Wildman–Crippen MR) is 82.4 cm³/mol. The molecule has 0 aromatic carbocycles. The lowest BCUT2D eigenvalue weighted by Gasteiger charge is -2.22. The molecule has 0 aromatic rings. The van der Waals surface area contributed by atoms with Crippen LogP contribution in [-0.2, 0) is 9.53 Å². The molecule has 0 aromatic heterocycles. The Labute approximate surface area is 131 Å². The number of unbranched alkanes of at least 4 members (excludes halogenated alkanes) is 2. The van der Waals surface area contributed by atoms with Crippen molar-refractivity contribution in [3.05, 3.63) is 0 Å². The Kier molecular flexibility index (Phi) is 11.4. The third-order valence-corrected chi connectivity index (χ3v) is 3.45. The Balaban J connectivity index is 4.37. The topological polar surface area (TPSA) is 102 Å². The van der Waals surface area contributed by atoms with E-state index in [9.17, 15) is 14.0 Å². The third kappa shape index (κ3) is 9.55. The highest BCUT2D eigenvalue weighted by Gasteiger charge is 2.23. The first kappa shape index (κ1) is 20.6. The van der Waals surface area contributed by atoms with Crippen LogP contribution in [-0.4, -0.2) is 42.0 Å². The average Bonchev–Trinajstić information content (AvgIpc) is 2.46. The van der Waals surface area contributed by atoms with Crippen molar-refractivity contribution in [1.82, 2.24) is 5.32 Å². The molecule has 0 aliphatic carbocycles. The molecule has 6 nitrogen and oxygen atoms in total. The van der Waals surface area contributed by atoms with E-state index in [1.165, 1.54) is 0 Å². The van der Waals surface area contributed by atoms with Crippen LogP contribution in [0, 0.1) is 0 Å². The smallest absolute Gasteiger partial charge is 0.407 e. The third-order valence-electron chi connectivity index (χ3n) is 3.45. The van der Waals surface area contributed by atoms with Crippen molar-refractivity contribution in [1.29, 1.82) is 0 Å². The summed E-state index contributed by atoms with van der Waals surface area (Å²) in [6.07, 6.45) is 2.27. The number of nitrogens with one attached hydrogen (secondary N) is 1. The first-order valence-corrected chi connectivity index (χ1v) is 7.98. The lowest BCUT2D eigenvalue weighted by atomic mass is 9.99. The maximum atomic E-state index is 14.3. The number of rotatable bonds is 12. The van der Waals surface area contributed by atoms with Gasteiger partial charge in [-0.25, -0.2) is 9.18 Å². The van der Waals surface area contributed by atoms with Crippen LogP contribution in [0.15, 0.2) is 0 Å². The van der Waals surface area contributed by atoms with Crippen molar-refractivity contribution in [3.8, 4) is 0 Å². The highest BCUT2D eigenvalue weighted by Crippen LogP contribution is 2.16. The standard InChI is InChI=1S/C15H29FN2O4/c1-3-5-6-8-11(16)13(18-15(21)22-4-2)10-7-9-12(17)14(19)20/h11-13H,3-10,17H2,1-2H3,(H,18,21)(H,19,20)/t11?,12-,13?/m0/s1. The second kappa shape index (κ2) is 12.2. The Bertz CT molecular complexity index is 329. The molecule has 2 unspecified atom stereocenters. The van der Waals surface area contributed by atoms with E-state index in [0.29, 0.717) is 19.3 Å². The lowest BCUT2D eigenvalue weighted by molar-refractivity contribution is -0.138. The van der Waals surface area contributed by atoms with E-state index in [1.807, 2.05) is 6.92 Å². The van der Waals surface area contributed by atoms with E-state index in [0.717, 1.165) is 19.3 Å². The molecule has 0 saturated heterocycles. The van der Waals surface area contributed by atoms with Gasteiger partial charge in [-0.3, -0.25) is 4.79 Å². The van der Waals surface area contributed by atoms with Crippen molar-refractivity contribution >= 4 is 12.1 Å². The predicted octanol–water partition coefficient (Wildman–Crippen LogP) is 2.60. The normalized spacial score (nSPS) is 14.9. The summed E-state index contributed by atoms with van der Waals surface area (Å²) in [4.78, 5) is 22.1. The maximum absolute atomic E-state index is 14.3. The molecule has 0 heterocycles. The van der Waals surface area contributed by atoms with Gasteiger partial charge in [-0.05, 0) is 32.6 Å². The van der Waals surface area contributed by atoms with E-state index in [-0.39, 0.29) is 13.0 Å². The minimum absolute atomic E-state index is 0.217. The second-order valence-electron chi connectivity index (χ2n) is 5.36. The van der Waals surface area contributed by atoms with Gasteiger partial charge in [0.05, 0.1) is 12.6 Å². The highest BCUT2D eigenvalue weighted by atomic mass is 19.1. The number of aliphatic carboxylic acids is 1. The van der Waals surface area contributed by atoms with Gasteiger partial charge >= 0.3 is 12.1 Å². The van der Waals surface area contributed by atoms with Crippen molar-refractivity contribution in [2.75, 3.05) is 6.61 Å². The van der Waals surface area contributed by atoms with Crippen molar-refractivity contribution in [2.45, 2.75) is 77.0 Å². The van der Waals surface area contributed by atoms with Crippen LogP contribution >= 0.6 is 0 Å². The molecule has 3 atom stereocenters. The number of alkyl carbamates (subject to hydrolysis) is 1. The summed E-state index contributed by atoms with van der Waals surface area (Å²) < 4.78 is 19.0. The number of carbonyl (C=O) groups is 2. The number of ether oxygens (including phenoxy) is 1. The number of carbonyl (C=O) groups excluding carboxylic acids is 1. The van der Waals surface area contributed by atoms with Crippen LogP contribution < -0.4 is 11.1 Å². The maximum Gasteiger partial charge on any atom is 0.407 e. The summed E-state index contributed by atoms with van der Waals surface area (Å²) in [6, 6.07) is -1.63. The molecule has 22 heavy (non-hydrogen) atoms. The minimum Gasteiger partial charge on any atom is -0.480 e. The molecule has 0 saturated carbocycles. The quantitative estimate of drug-likeness (QED) is 0.480. The van der Waals surface area contributed by atoms with Gasteiger partial charge in [-0.15, -0.1) is 0 Å². The summed E-state index contributed by atoms with van der Waals surface area (Å²) in [6.45, 7) is 3.93. The van der Waals surface area contributed by atoms with Gasteiger partial charge < -0.3 is 20.9 Å². The lowest BCUT2D eigenvalue weighted by Crippen LogP contribution is -2.42. The van der Waals surface area contributed by atoms with Crippen LogP contribution in [0.2, 0.25) is 0 Å². The molecule has 130 valence electrons. The zero-order valence-corrected chi connectivity index (χ0v) is 13.5. The molecule has 0 aliphatic rings. The molecular formula is C15H29FN2O4. The Hall–Kier alpha value is -1.37. The summed E-state index contributed by atoms with van der Waals surface area (Å²) in [5.41, 5.74) is 5.42. The van der Waals surface area contributed by atoms with Gasteiger partial charge in [0.1, 0.15) is 12.2 Å². The van der Waals surface area contributed by atoms with E-state index in [1.54, 1.807) is 6.92 Å². The second-order valence-corrected chi connectivity index (χ2v) is 5.36. The number of hydrogen-bond acceptors (Lipinski definition) is 4. The van der Waals surface area contributed by atoms with E-state index in [4.69, 9.17) is 15.6 Å². The first-order valence-electron chi connectivity index (χ1n) is 7.98. The van der Waals surface area contributed by atoms with E-state index < -0.39 is 30.3 Å². The molecule has 7 heteroatoms. The largest absolute Gasteiger partial charge is 0.480 e.